The van der Waals surface area contributed by atoms with Gasteiger partial charge in [0.2, 0.25) is 0 Å². The van der Waals surface area contributed by atoms with Gasteiger partial charge in [-0.1, -0.05) is 34.1 Å². The lowest BCUT2D eigenvalue weighted by molar-refractivity contribution is 0.171. The van der Waals surface area contributed by atoms with Crippen molar-refractivity contribution in [3.8, 4) is 11.5 Å². The van der Waals surface area contributed by atoms with Crippen molar-refractivity contribution in [1.29, 1.82) is 0 Å². The molecule has 0 amide bonds. The Morgan fingerprint density at radius 1 is 1.00 bits per heavy atom. The zero-order valence-corrected chi connectivity index (χ0v) is 12.4. The van der Waals surface area contributed by atoms with Crippen LogP contribution in [0.1, 0.15) is 17.2 Å². The molecule has 1 unspecified atom stereocenters. The number of benzene rings is 2. The molecule has 3 rings (SSSR count). The number of hydrogen-bond acceptors (Lipinski definition) is 4. The van der Waals surface area contributed by atoms with Crippen LogP contribution in [0.3, 0.4) is 0 Å². The molecule has 0 bridgehead atoms. The van der Waals surface area contributed by atoms with Gasteiger partial charge in [0, 0.05) is 4.47 Å². The van der Waals surface area contributed by atoms with Crippen LogP contribution in [0.5, 0.6) is 11.5 Å². The summed E-state index contributed by atoms with van der Waals surface area (Å²) >= 11 is 3.48. The van der Waals surface area contributed by atoms with Crippen LogP contribution in [-0.4, -0.2) is 13.2 Å². The Bertz CT molecular complexity index is 619. The Morgan fingerprint density at radius 3 is 2.50 bits per heavy atom. The third-order valence-electron chi connectivity index (χ3n) is 3.25. The second-order valence-electron chi connectivity index (χ2n) is 4.56. The van der Waals surface area contributed by atoms with Crippen molar-refractivity contribution < 1.29 is 9.47 Å². The minimum atomic E-state index is -0.0941. The largest absolute Gasteiger partial charge is 0.486 e. The molecule has 3 N–H and O–H groups in total. The van der Waals surface area contributed by atoms with Gasteiger partial charge in [0.25, 0.3) is 0 Å². The van der Waals surface area contributed by atoms with Crippen molar-refractivity contribution in [3.05, 3.63) is 58.1 Å². The van der Waals surface area contributed by atoms with E-state index in [1.54, 1.807) is 0 Å². The van der Waals surface area contributed by atoms with Gasteiger partial charge in [-0.05, 0) is 35.4 Å². The number of ether oxygens (including phenoxy) is 2. The van der Waals surface area contributed by atoms with E-state index < -0.39 is 0 Å². The molecular weight excluding hydrogens is 320 g/mol. The van der Waals surface area contributed by atoms with E-state index in [-0.39, 0.29) is 6.04 Å². The summed E-state index contributed by atoms with van der Waals surface area (Å²) in [6.07, 6.45) is 0. The van der Waals surface area contributed by atoms with Crippen molar-refractivity contribution >= 4 is 15.9 Å². The van der Waals surface area contributed by atoms with Gasteiger partial charge in [-0.15, -0.1) is 0 Å². The highest BCUT2D eigenvalue weighted by atomic mass is 79.9. The van der Waals surface area contributed by atoms with Gasteiger partial charge in [-0.25, -0.2) is 5.43 Å². The lowest BCUT2D eigenvalue weighted by atomic mass is 9.99. The maximum atomic E-state index is 5.73. The monoisotopic (exact) mass is 334 g/mol. The topological polar surface area (TPSA) is 56.5 Å². The van der Waals surface area contributed by atoms with Crippen LogP contribution in [0, 0.1) is 0 Å². The van der Waals surface area contributed by atoms with Crippen molar-refractivity contribution in [1.82, 2.24) is 5.43 Å². The van der Waals surface area contributed by atoms with Crippen molar-refractivity contribution in [2.45, 2.75) is 6.04 Å². The molecule has 1 aliphatic rings. The third kappa shape index (κ3) is 2.65. The first-order chi connectivity index (χ1) is 9.78. The highest BCUT2D eigenvalue weighted by molar-refractivity contribution is 9.10. The molecule has 0 saturated heterocycles. The minimum absolute atomic E-state index is 0.0941. The predicted molar refractivity (Wildman–Crippen MR) is 80.7 cm³/mol. The quantitative estimate of drug-likeness (QED) is 0.669. The summed E-state index contributed by atoms with van der Waals surface area (Å²) in [7, 11) is 0. The van der Waals surface area contributed by atoms with E-state index in [0.29, 0.717) is 13.2 Å². The van der Waals surface area contributed by atoms with Crippen molar-refractivity contribution in [3.63, 3.8) is 0 Å². The summed E-state index contributed by atoms with van der Waals surface area (Å²) < 4.78 is 12.2. The number of rotatable bonds is 3. The number of hydrazine groups is 1. The van der Waals surface area contributed by atoms with E-state index in [1.807, 2.05) is 42.5 Å². The Kier molecular flexibility index (Phi) is 3.91. The smallest absolute Gasteiger partial charge is 0.161 e. The second kappa shape index (κ2) is 5.83. The number of nitrogens with two attached hydrogens (primary N) is 1. The molecule has 1 heterocycles. The zero-order valence-electron chi connectivity index (χ0n) is 10.8. The van der Waals surface area contributed by atoms with Gasteiger partial charge < -0.3 is 9.47 Å². The van der Waals surface area contributed by atoms with E-state index >= 15 is 0 Å². The van der Waals surface area contributed by atoms with Crippen LogP contribution in [0.15, 0.2) is 46.9 Å². The standard InChI is InChI=1S/C15H15BrN2O2/c16-12-3-1-2-10(8-12)15(18-17)11-4-5-13-14(9-11)20-7-6-19-13/h1-5,8-9,15,18H,6-7,17H2. The molecule has 0 aliphatic carbocycles. The Morgan fingerprint density at radius 2 is 1.75 bits per heavy atom. The fourth-order valence-electron chi connectivity index (χ4n) is 2.31. The van der Waals surface area contributed by atoms with E-state index in [1.165, 1.54) is 0 Å². The first-order valence-corrected chi connectivity index (χ1v) is 7.18. The summed E-state index contributed by atoms with van der Waals surface area (Å²) in [6.45, 7) is 1.17. The van der Waals surface area contributed by atoms with E-state index in [4.69, 9.17) is 15.3 Å². The predicted octanol–water partition coefficient (Wildman–Crippen LogP) is 2.77. The molecule has 2 aromatic carbocycles. The lowest BCUT2D eigenvalue weighted by Gasteiger charge is -2.22. The number of hydrogen-bond donors (Lipinski definition) is 2. The van der Waals surface area contributed by atoms with E-state index in [2.05, 4.69) is 21.4 Å². The molecule has 104 valence electrons. The molecule has 0 radical (unpaired) electrons. The van der Waals surface area contributed by atoms with Gasteiger partial charge in [0.05, 0.1) is 6.04 Å². The van der Waals surface area contributed by atoms with E-state index in [0.717, 1.165) is 27.1 Å². The lowest BCUT2D eigenvalue weighted by Crippen LogP contribution is -2.29. The maximum absolute atomic E-state index is 5.73. The van der Waals surface area contributed by atoms with Crippen LogP contribution < -0.4 is 20.7 Å². The Hall–Kier alpha value is -1.56. The number of halogens is 1. The van der Waals surface area contributed by atoms with Crippen LogP contribution in [0.25, 0.3) is 0 Å². The average molecular weight is 335 g/mol. The molecule has 4 nitrogen and oxygen atoms in total. The fourth-order valence-corrected chi connectivity index (χ4v) is 2.73. The van der Waals surface area contributed by atoms with Gasteiger partial charge in [-0.2, -0.15) is 0 Å². The fraction of sp³-hybridized carbons (Fsp3) is 0.200. The van der Waals surface area contributed by atoms with Gasteiger partial charge in [0.15, 0.2) is 11.5 Å². The first-order valence-electron chi connectivity index (χ1n) is 6.39. The summed E-state index contributed by atoms with van der Waals surface area (Å²) in [5, 5.41) is 0. The number of nitrogens with one attached hydrogen (secondary N) is 1. The normalized spacial score (nSPS) is 14.9. The van der Waals surface area contributed by atoms with Gasteiger partial charge in [0.1, 0.15) is 13.2 Å². The van der Waals surface area contributed by atoms with Gasteiger partial charge in [-0.3, -0.25) is 5.84 Å². The molecule has 0 spiro atoms. The molecule has 20 heavy (non-hydrogen) atoms. The SMILES string of the molecule is NNC(c1cccc(Br)c1)c1ccc2c(c1)OCCO2. The van der Waals surface area contributed by atoms with Crippen LogP contribution >= 0.6 is 15.9 Å². The summed E-state index contributed by atoms with van der Waals surface area (Å²) in [6, 6.07) is 13.9. The molecule has 0 saturated carbocycles. The highest BCUT2D eigenvalue weighted by Crippen LogP contribution is 2.34. The molecule has 1 aliphatic heterocycles. The third-order valence-corrected chi connectivity index (χ3v) is 3.74. The first kappa shape index (κ1) is 13.4. The van der Waals surface area contributed by atoms with Crippen LogP contribution in [0.4, 0.5) is 0 Å². The molecule has 0 aromatic heterocycles. The second-order valence-corrected chi connectivity index (χ2v) is 5.47. The molecule has 5 heteroatoms. The summed E-state index contributed by atoms with van der Waals surface area (Å²) in [5.41, 5.74) is 4.97. The zero-order chi connectivity index (χ0) is 13.9. The Balaban J connectivity index is 1.97. The molecular formula is C15H15BrN2O2. The van der Waals surface area contributed by atoms with Crippen molar-refractivity contribution in [2.75, 3.05) is 13.2 Å². The summed E-state index contributed by atoms with van der Waals surface area (Å²) in [4.78, 5) is 0. The van der Waals surface area contributed by atoms with E-state index in [9.17, 15) is 0 Å². The minimum Gasteiger partial charge on any atom is -0.486 e. The molecule has 0 fully saturated rings. The van der Waals surface area contributed by atoms with Crippen LogP contribution in [0.2, 0.25) is 0 Å². The van der Waals surface area contributed by atoms with Gasteiger partial charge >= 0.3 is 0 Å². The maximum Gasteiger partial charge on any atom is 0.161 e. The van der Waals surface area contributed by atoms with Crippen molar-refractivity contribution in [2.24, 2.45) is 5.84 Å². The Labute approximate surface area is 126 Å². The number of fused-ring (bicyclic) bond motifs is 1. The molecule has 2 aromatic rings. The molecule has 1 atom stereocenters. The summed E-state index contributed by atoms with van der Waals surface area (Å²) in [5.74, 6) is 7.28. The average Bonchev–Trinajstić information content (AvgIpc) is 2.48. The van der Waals surface area contributed by atoms with Crippen LogP contribution in [-0.2, 0) is 0 Å². The highest BCUT2D eigenvalue weighted by Gasteiger charge is 2.17.